The van der Waals surface area contributed by atoms with Crippen LogP contribution in [0.5, 0.6) is 0 Å². The van der Waals surface area contributed by atoms with Crippen LogP contribution in [-0.2, 0) is 0 Å². The van der Waals surface area contributed by atoms with E-state index in [9.17, 15) is 4.79 Å². The number of aromatic nitrogens is 1. The zero-order chi connectivity index (χ0) is 15.4. The van der Waals surface area contributed by atoms with Crippen LogP contribution >= 0.6 is 23.2 Å². The summed E-state index contributed by atoms with van der Waals surface area (Å²) in [6.07, 6.45) is 0. The van der Waals surface area contributed by atoms with Crippen molar-refractivity contribution >= 4 is 40.4 Å². The predicted octanol–water partition coefficient (Wildman–Crippen LogP) is 3.46. The van der Waals surface area contributed by atoms with Crippen LogP contribution < -0.4 is 5.43 Å². The smallest absolute Gasteiger partial charge is 0.245 e. The van der Waals surface area contributed by atoms with Crippen molar-refractivity contribution < 1.29 is 9.32 Å². The Balaban J connectivity index is 2.21. The lowest BCUT2D eigenvalue weighted by molar-refractivity contribution is 0.105. The molecule has 0 bridgehead atoms. The molecule has 0 aliphatic rings. The van der Waals surface area contributed by atoms with Gasteiger partial charge in [-0.1, -0.05) is 28.4 Å². The monoisotopic (exact) mass is 322 g/mol. The summed E-state index contributed by atoms with van der Waals surface area (Å²) in [5.74, 6) is -0.180. The molecule has 106 valence electrons. The highest BCUT2D eigenvalue weighted by Crippen LogP contribution is 2.22. The molecule has 0 radical (unpaired) electrons. The molecule has 0 saturated carbocycles. The normalized spacial score (nSPS) is 11.0. The molecule has 0 fully saturated rings. The largest absolute Gasteiger partial charge is 0.361 e. The molecular formula is C13H8Cl2N4O2. The van der Waals surface area contributed by atoms with E-state index in [1.54, 1.807) is 31.2 Å². The first kappa shape index (κ1) is 15.0. The number of hydrogen-bond acceptors (Lipinski definition) is 6. The molecule has 6 nitrogen and oxygen atoms in total. The second kappa shape index (κ2) is 6.39. The summed E-state index contributed by atoms with van der Waals surface area (Å²) in [7, 11) is 0. The predicted molar refractivity (Wildman–Crippen MR) is 78.7 cm³/mol. The van der Waals surface area contributed by atoms with Crippen molar-refractivity contribution in [2.45, 2.75) is 6.92 Å². The van der Waals surface area contributed by atoms with Crippen LogP contribution in [0.4, 0.5) is 5.69 Å². The molecule has 0 spiro atoms. The number of carbonyl (C=O) groups excluding carboxylic acids is 1. The highest BCUT2D eigenvalue weighted by atomic mass is 35.5. The van der Waals surface area contributed by atoms with E-state index in [1.807, 2.05) is 0 Å². The van der Waals surface area contributed by atoms with Crippen LogP contribution in [-0.4, -0.2) is 16.7 Å². The number of benzene rings is 1. The maximum Gasteiger partial charge on any atom is 0.245 e. The van der Waals surface area contributed by atoms with Gasteiger partial charge >= 0.3 is 0 Å². The summed E-state index contributed by atoms with van der Waals surface area (Å²) in [5, 5.41) is 17.1. The summed E-state index contributed by atoms with van der Waals surface area (Å²) in [4.78, 5) is 12.0. The number of aryl methyl sites for hydroxylation is 1. The topological polar surface area (TPSA) is 91.3 Å². The first-order valence-corrected chi connectivity index (χ1v) is 6.43. The van der Waals surface area contributed by atoms with Gasteiger partial charge in [-0.15, -0.1) is 0 Å². The van der Waals surface area contributed by atoms with E-state index in [-0.39, 0.29) is 11.4 Å². The van der Waals surface area contributed by atoms with Gasteiger partial charge in [0.25, 0.3) is 0 Å². The zero-order valence-corrected chi connectivity index (χ0v) is 12.2. The van der Waals surface area contributed by atoms with E-state index in [1.165, 1.54) is 6.07 Å². The fourth-order valence-corrected chi connectivity index (χ4v) is 1.99. The number of ketones is 1. The Morgan fingerprint density at radius 3 is 2.52 bits per heavy atom. The van der Waals surface area contributed by atoms with Gasteiger partial charge in [-0.3, -0.25) is 10.2 Å². The minimum atomic E-state index is -0.644. The lowest BCUT2D eigenvalue weighted by Crippen LogP contribution is -2.14. The molecule has 2 rings (SSSR count). The molecule has 0 aliphatic heterocycles. The lowest BCUT2D eigenvalue weighted by atomic mass is 10.2. The van der Waals surface area contributed by atoms with Gasteiger partial charge in [0.1, 0.15) is 11.8 Å². The summed E-state index contributed by atoms with van der Waals surface area (Å²) in [5.41, 5.74) is 2.65. The number of rotatable bonds is 4. The van der Waals surface area contributed by atoms with Gasteiger partial charge in [0.15, 0.2) is 5.69 Å². The Bertz CT molecular complexity index is 742. The molecule has 0 unspecified atom stereocenters. The summed E-state index contributed by atoms with van der Waals surface area (Å²) >= 11 is 11.7. The zero-order valence-electron chi connectivity index (χ0n) is 10.7. The van der Waals surface area contributed by atoms with E-state index in [0.717, 1.165) is 0 Å². The number of anilines is 1. The van der Waals surface area contributed by atoms with E-state index in [4.69, 9.17) is 33.0 Å². The molecule has 1 N–H and O–H groups in total. The van der Waals surface area contributed by atoms with E-state index < -0.39 is 5.78 Å². The van der Waals surface area contributed by atoms with Crippen molar-refractivity contribution in [3.8, 4) is 6.07 Å². The maximum atomic E-state index is 12.0. The third-order valence-electron chi connectivity index (χ3n) is 2.34. The van der Waals surface area contributed by atoms with Crippen LogP contribution in [0.3, 0.4) is 0 Å². The minimum Gasteiger partial charge on any atom is -0.361 e. The number of Topliss-reactive ketones (excluding diaryl/α,β-unsaturated/α-hetero) is 1. The molecule has 8 heteroatoms. The van der Waals surface area contributed by atoms with E-state index >= 15 is 0 Å². The molecule has 1 aromatic carbocycles. The van der Waals surface area contributed by atoms with Crippen molar-refractivity contribution in [2.75, 3.05) is 5.43 Å². The standard InChI is InChI=1S/C13H8Cl2N4O2/c1-7-2-11(19-21-7)13(20)12(6-16)18-17-10-4-8(14)3-9(15)5-10/h2-5,17H,1H3/b18-12+. The van der Waals surface area contributed by atoms with Gasteiger partial charge in [-0.2, -0.15) is 10.4 Å². The third-order valence-corrected chi connectivity index (χ3v) is 2.78. The number of nitrogens with one attached hydrogen (secondary N) is 1. The number of nitriles is 1. The summed E-state index contributed by atoms with van der Waals surface area (Å²) < 4.78 is 4.78. The Labute approximate surface area is 129 Å². The number of halogens is 2. The van der Waals surface area contributed by atoms with Crippen LogP contribution in [0, 0.1) is 18.3 Å². The Hall–Kier alpha value is -2.36. The SMILES string of the molecule is Cc1cc(C(=O)/C(C#N)=N/Nc2cc(Cl)cc(Cl)c2)no1. The lowest BCUT2D eigenvalue weighted by Gasteiger charge is -2.02. The molecule has 1 heterocycles. The Morgan fingerprint density at radius 1 is 1.33 bits per heavy atom. The van der Waals surface area contributed by atoms with Crippen molar-refractivity contribution in [3.05, 3.63) is 45.8 Å². The fourth-order valence-electron chi connectivity index (χ4n) is 1.46. The average Bonchev–Trinajstić information content (AvgIpc) is 2.85. The number of carbonyl (C=O) groups is 1. The molecule has 0 atom stereocenters. The second-order valence-electron chi connectivity index (χ2n) is 3.99. The highest BCUT2D eigenvalue weighted by Gasteiger charge is 2.18. The highest BCUT2D eigenvalue weighted by molar-refractivity contribution is 6.51. The number of hydrogen-bond donors (Lipinski definition) is 1. The average molecular weight is 323 g/mol. The third kappa shape index (κ3) is 3.81. The second-order valence-corrected chi connectivity index (χ2v) is 4.87. The van der Waals surface area contributed by atoms with Crippen LogP contribution in [0.2, 0.25) is 10.0 Å². The van der Waals surface area contributed by atoms with Gasteiger partial charge in [0.2, 0.25) is 11.5 Å². The first-order chi connectivity index (χ1) is 9.99. The van der Waals surface area contributed by atoms with Crippen molar-refractivity contribution in [1.29, 1.82) is 5.26 Å². The van der Waals surface area contributed by atoms with Crippen LogP contribution in [0.15, 0.2) is 33.9 Å². The van der Waals surface area contributed by atoms with E-state index in [2.05, 4.69) is 15.7 Å². The minimum absolute atomic E-state index is 0.0127. The number of hydrazone groups is 1. The Morgan fingerprint density at radius 2 is 2.00 bits per heavy atom. The van der Waals surface area contributed by atoms with Gasteiger partial charge in [0.05, 0.1) is 5.69 Å². The maximum absolute atomic E-state index is 12.0. The van der Waals surface area contributed by atoms with Crippen molar-refractivity contribution in [1.82, 2.24) is 5.16 Å². The first-order valence-electron chi connectivity index (χ1n) is 5.67. The molecule has 1 aromatic heterocycles. The van der Waals surface area contributed by atoms with Gasteiger partial charge in [-0.25, -0.2) is 0 Å². The molecule has 0 aliphatic carbocycles. The van der Waals surface area contributed by atoms with Crippen LogP contribution in [0.1, 0.15) is 16.2 Å². The molecule has 0 amide bonds. The van der Waals surface area contributed by atoms with Crippen molar-refractivity contribution in [3.63, 3.8) is 0 Å². The Kier molecular flexibility index (Phi) is 4.58. The van der Waals surface area contributed by atoms with Gasteiger partial charge in [-0.05, 0) is 25.1 Å². The number of nitrogens with zero attached hydrogens (tertiary/aromatic N) is 3. The van der Waals surface area contributed by atoms with Gasteiger partial charge in [0, 0.05) is 16.1 Å². The molecule has 0 saturated heterocycles. The van der Waals surface area contributed by atoms with Crippen molar-refractivity contribution in [2.24, 2.45) is 5.10 Å². The molecule has 21 heavy (non-hydrogen) atoms. The van der Waals surface area contributed by atoms with Crippen LogP contribution in [0.25, 0.3) is 0 Å². The fraction of sp³-hybridized carbons (Fsp3) is 0.0769. The molecular weight excluding hydrogens is 315 g/mol. The van der Waals surface area contributed by atoms with Gasteiger partial charge < -0.3 is 4.52 Å². The summed E-state index contributed by atoms with van der Waals surface area (Å²) in [6, 6.07) is 7.77. The van der Waals surface area contributed by atoms with E-state index in [0.29, 0.717) is 21.5 Å². The summed E-state index contributed by atoms with van der Waals surface area (Å²) in [6.45, 7) is 1.64. The molecule has 2 aromatic rings. The quantitative estimate of drug-likeness (QED) is 0.528.